The van der Waals surface area contributed by atoms with Crippen LogP contribution in [0.5, 0.6) is 0 Å². The van der Waals surface area contributed by atoms with Gasteiger partial charge in [-0.3, -0.25) is 0 Å². The number of hydrogen-bond acceptors (Lipinski definition) is 25. The van der Waals surface area contributed by atoms with Gasteiger partial charge in [0.1, 0.15) is 85.5 Å². The molecule has 4 aliphatic carbocycles. The van der Waals surface area contributed by atoms with Crippen molar-refractivity contribution >= 4 is 0 Å². The number of aliphatic hydroxyl groups excluding tert-OH is 15. The molecule has 0 bridgehead atoms. The molecule has 0 radical (unpaired) electrons. The lowest BCUT2D eigenvalue weighted by Gasteiger charge is -2.66. The number of ether oxygens (including phenoxy) is 9. The summed E-state index contributed by atoms with van der Waals surface area (Å²) in [6.45, 7) is 14.4. The highest BCUT2D eigenvalue weighted by Gasteiger charge is 2.68. The van der Waals surface area contributed by atoms with Crippen LogP contribution >= 0.6 is 0 Å². The standard InChI is InChI=1S/C59H100O25/c1-25(9-13-37(56(4,5)75)83-54-50(84-53-48(74)44(70)40(66)33(22-62)80-53)45(71)41(67)34(81-54)24-77-51-30(64)19-26(63)23-76-51)27-15-16-59(8)35-12-10-28-29(57(35,6)17-18-58(27,59)7)11-14-36(55(28,2)3)82-52-47(73)42(68)38(31(20-60)79-52)49-46(72)43(69)39(65)32(21-61)78-49/h10,25-27,29-54,60-75H,9,11-24H2,1-8H3/t25-,26+,27?,29?,30-,31-,32-,33+,34-,35?,36+,37-,38?,39-,40+,41-,42+,43+,44-,45+,46-,47-,48+,49+,50-,51+,52+,53-,54+,57+,58-,59+/m1/s1. The second kappa shape index (κ2) is 25.8. The van der Waals surface area contributed by atoms with Crippen molar-refractivity contribution in [2.75, 3.05) is 33.0 Å². The van der Waals surface area contributed by atoms with Gasteiger partial charge in [0, 0.05) is 17.8 Å². The molecule has 9 rings (SSSR count). The van der Waals surface area contributed by atoms with E-state index in [4.69, 9.17) is 42.6 Å². The van der Waals surface area contributed by atoms with Crippen LogP contribution in [0.1, 0.15) is 120 Å². The van der Waals surface area contributed by atoms with Crippen molar-refractivity contribution in [1.82, 2.24) is 0 Å². The first kappa shape index (κ1) is 67.1. The maximum atomic E-state index is 11.8. The summed E-state index contributed by atoms with van der Waals surface area (Å²) >= 11 is 0. The molecule has 0 spiro atoms. The summed E-state index contributed by atoms with van der Waals surface area (Å²) in [5, 5.41) is 173. The molecule has 0 aromatic carbocycles. The average Bonchev–Trinajstić information content (AvgIpc) is 1.36. The summed E-state index contributed by atoms with van der Waals surface area (Å²) in [7, 11) is 0. The summed E-state index contributed by atoms with van der Waals surface area (Å²) < 4.78 is 54.4. The van der Waals surface area contributed by atoms with Crippen LogP contribution in [0.25, 0.3) is 0 Å². The van der Waals surface area contributed by atoms with E-state index in [1.807, 2.05) is 0 Å². The third-order valence-electron chi connectivity index (χ3n) is 22.6. The van der Waals surface area contributed by atoms with Gasteiger partial charge in [0.15, 0.2) is 25.2 Å². The number of hydrogen-bond donors (Lipinski definition) is 16. The van der Waals surface area contributed by atoms with Crippen LogP contribution in [0, 0.1) is 51.2 Å². The van der Waals surface area contributed by atoms with E-state index in [1.54, 1.807) is 13.8 Å². The maximum Gasteiger partial charge on any atom is 0.187 e. The Kier molecular flexibility index (Phi) is 20.6. The highest BCUT2D eigenvalue weighted by molar-refractivity contribution is 5.30. The minimum absolute atomic E-state index is 0.0258. The van der Waals surface area contributed by atoms with Gasteiger partial charge in [0.05, 0.1) is 75.3 Å². The van der Waals surface area contributed by atoms with Gasteiger partial charge in [-0.1, -0.05) is 53.2 Å². The van der Waals surface area contributed by atoms with Crippen LogP contribution in [0.15, 0.2) is 11.6 Å². The SMILES string of the molecule is C[C@H](CC[C@@H](O[C@@H]1O[C@H](CO[C@@H]2OC[C@@H](O)C[C@H]2O)[C@@H](O)[C@H](O)[C@H]1O[C@H]1O[C@@H](CO)[C@H](O)[C@@H](O)[C@@H]1O)C(C)(C)O)C1CC[C@@]2(C)C3CC=C4C(CC[C@H](O[C@@H]5O[C@H](CO)C([C@@H]6O[C@H](CO)[C@@H](O)[C@H](O)[C@H]6O)[C@H](O)[C@H]5O)C4(C)C)[C@]3(C)CC[C@]12C. The summed E-state index contributed by atoms with van der Waals surface area (Å²) in [5.74, 6) is -0.286. The third kappa shape index (κ3) is 12.1. The van der Waals surface area contributed by atoms with Gasteiger partial charge in [-0.15, -0.1) is 0 Å². The number of allylic oxidation sites excluding steroid dienone is 1. The predicted octanol–water partition coefficient (Wildman–Crippen LogP) is -2.44. The molecule has 3 saturated carbocycles. The van der Waals surface area contributed by atoms with Crippen LogP contribution in [0.2, 0.25) is 0 Å². The number of rotatable bonds is 18. The Labute approximate surface area is 491 Å². The molecule has 486 valence electrons. The largest absolute Gasteiger partial charge is 0.394 e. The van der Waals surface area contributed by atoms with Gasteiger partial charge in [-0.05, 0) is 112 Å². The summed E-state index contributed by atoms with van der Waals surface area (Å²) in [5.41, 5.74) is -1.00. The zero-order valence-electron chi connectivity index (χ0n) is 49.8. The predicted molar refractivity (Wildman–Crippen MR) is 290 cm³/mol. The van der Waals surface area contributed by atoms with E-state index < -0.39 is 191 Å². The Bertz CT molecular complexity index is 2200. The van der Waals surface area contributed by atoms with Gasteiger partial charge in [0.2, 0.25) is 0 Å². The van der Waals surface area contributed by atoms with Crippen molar-refractivity contribution in [3.8, 4) is 0 Å². The van der Waals surface area contributed by atoms with Crippen molar-refractivity contribution < 1.29 is 124 Å². The molecule has 32 atom stereocenters. The van der Waals surface area contributed by atoms with Gasteiger partial charge in [-0.2, -0.15) is 0 Å². The Balaban J connectivity index is 0.875. The lowest BCUT2D eigenvalue weighted by molar-refractivity contribution is -0.378. The molecule has 0 aromatic heterocycles. The van der Waals surface area contributed by atoms with E-state index in [-0.39, 0.29) is 47.0 Å². The highest BCUT2D eigenvalue weighted by atomic mass is 16.8. The fourth-order valence-electron chi connectivity index (χ4n) is 17.2. The van der Waals surface area contributed by atoms with Crippen molar-refractivity contribution in [2.45, 2.75) is 272 Å². The number of fused-ring (bicyclic) bond motifs is 5. The van der Waals surface area contributed by atoms with E-state index >= 15 is 0 Å². The molecular weight excluding hydrogens is 1110 g/mol. The molecular formula is C59H100O25. The van der Waals surface area contributed by atoms with Crippen LogP contribution in [-0.4, -0.2) is 268 Å². The molecule has 25 nitrogen and oxygen atoms in total. The van der Waals surface area contributed by atoms with E-state index in [9.17, 15) is 81.7 Å². The Morgan fingerprint density at radius 3 is 1.85 bits per heavy atom. The maximum absolute atomic E-state index is 11.8. The van der Waals surface area contributed by atoms with Crippen LogP contribution in [0.4, 0.5) is 0 Å². The second-order valence-electron chi connectivity index (χ2n) is 28.1. The normalized spacial score (nSPS) is 51.5. The second-order valence-corrected chi connectivity index (χ2v) is 28.1. The summed E-state index contributed by atoms with van der Waals surface area (Å²) in [6, 6.07) is 0. The molecule has 5 heterocycles. The number of aliphatic hydroxyl groups is 16. The Morgan fingerprint density at radius 1 is 0.607 bits per heavy atom. The van der Waals surface area contributed by atoms with Gasteiger partial charge >= 0.3 is 0 Å². The van der Waals surface area contributed by atoms with E-state index in [0.29, 0.717) is 25.2 Å². The van der Waals surface area contributed by atoms with Crippen molar-refractivity contribution in [3.05, 3.63) is 11.6 Å². The summed E-state index contributed by atoms with van der Waals surface area (Å²) in [4.78, 5) is 0. The Morgan fingerprint density at radius 2 is 1.20 bits per heavy atom. The van der Waals surface area contributed by atoms with Gasteiger partial charge in [-0.25, -0.2) is 0 Å². The zero-order valence-corrected chi connectivity index (χ0v) is 49.8. The smallest absolute Gasteiger partial charge is 0.187 e. The molecule has 9 aliphatic rings. The minimum Gasteiger partial charge on any atom is -0.394 e. The lowest BCUT2D eigenvalue weighted by atomic mass is 9.39. The molecule has 25 heteroatoms. The minimum atomic E-state index is -1.88. The fraction of sp³-hybridized carbons (Fsp3) is 0.966. The monoisotopic (exact) mass is 1210 g/mol. The molecule has 16 N–H and O–H groups in total. The quantitative estimate of drug-likeness (QED) is 0.0634. The van der Waals surface area contributed by atoms with Crippen LogP contribution < -0.4 is 0 Å². The average molecular weight is 1210 g/mol. The molecule has 5 saturated heterocycles. The van der Waals surface area contributed by atoms with Gasteiger partial charge < -0.3 is 124 Å². The van der Waals surface area contributed by atoms with E-state index in [1.165, 1.54) is 5.57 Å². The molecule has 8 fully saturated rings. The first-order valence-electron chi connectivity index (χ1n) is 30.6. The first-order valence-corrected chi connectivity index (χ1v) is 30.6. The molecule has 0 aromatic rings. The third-order valence-corrected chi connectivity index (χ3v) is 22.6. The van der Waals surface area contributed by atoms with Crippen molar-refractivity contribution in [3.63, 3.8) is 0 Å². The van der Waals surface area contributed by atoms with E-state index in [0.717, 1.165) is 38.5 Å². The fourth-order valence-corrected chi connectivity index (χ4v) is 17.2. The molecule has 5 aliphatic heterocycles. The highest BCUT2D eigenvalue weighted by Crippen LogP contribution is 2.75. The molecule has 84 heavy (non-hydrogen) atoms. The Hall–Kier alpha value is -1.26. The first-order chi connectivity index (χ1) is 39.4. The van der Waals surface area contributed by atoms with Crippen molar-refractivity contribution in [2.24, 2.45) is 51.2 Å². The molecule has 4 unspecified atom stereocenters. The van der Waals surface area contributed by atoms with E-state index in [2.05, 4.69) is 47.6 Å². The zero-order chi connectivity index (χ0) is 61.5. The summed E-state index contributed by atoms with van der Waals surface area (Å²) in [6.07, 6.45) is -25.6. The topological polar surface area (TPSA) is 407 Å². The van der Waals surface area contributed by atoms with Gasteiger partial charge in [0.25, 0.3) is 0 Å². The van der Waals surface area contributed by atoms with Crippen LogP contribution in [-0.2, 0) is 42.6 Å². The van der Waals surface area contributed by atoms with Crippen LogP contribution in [0.3, 0.4) is 0 Å². The lowest BCUT2D eigenvalue weighted by Crippen LogP contribution is -2.67. The molecule has 0 amide bonds. The van der Waals surface area contributed by atoms with Crippen molar-refractivity contribution in [1.29, 1.82) is 0 Å².